The lowest BCUT2D eigenvalue weighted by molar-refractivity contribution is 0.0692. The van der Waals surface area contributed by atoms with Crippen molar-refractivity contribution in [2.24, 2.45) is 0 Å². The Morgan fingerprint density at radius 1 is 1.12 bits per heavy atom. The van der Waals surface area contributed by atoms with Gasteiger partial charge in [0, 0.05) is 28.9 Å². The second-order valence-corrected chi connectivity index (χ2v) is 8.15. The zero-order valence-corrected chi connectivity index (χ0v) is 19.0. The monoisotopic (exact) mass is 484 g/mol. The van der Waals surface area contributed by atoms with Crippen LogP contribution < -0.4 is 4.74 Å². The molecule has 1 amide bonds. The molecule has 0 spiro atoms. The van der Waals surface area contributed by atoms with Crippen LogP contribution in [0.3, 0.4) is 0 Å². The molecule has 0 fully saturated rings. The Labute approximate surface area is 199 Å². The molecule has 0 unspecified atom stereocenters. The van der Waals surface area contributed by atoms with Gasteiger partial charge in [0.25, 0.3) is 0 Å². The van der Waals surface area contributed by atoms with E-state index in [1.165, 1.54) is 4.90 Å². The van der Waals surface area contributed by atoms with Crippen LogP contribution in [0.2, 0.25) is 5.02 Å². The average Bonchev–Trinajstić information content (AvgIpc) is 2.80. The highest BCUT2D eigenvalue weighted by Gasteiger charge is 2.29. The molecule has 0 radical (unpaired) electrons. The number of rotatable bonds is 5. The third-order valence-corrected chi connectivity index (χ3v) is 5.85. The van der Waals surface area contributed by atoms with Crippen molar-refractivity contribution in [3.05, 3.63) is 69.4 Å². The van der Waals surface area contributed by atoms with Gasteiger partial charge in [-0.3, -0.25) is 0 Å². The van der Waals surface area contributed by atoms with Gasteiger partial charge in [0.15, 0.2) is 5.75 Å². The number of amides is 1. The number of hydrogen-bond donors (Lipinski definition) is 2. The molecular formula is C24H21ClN2O7. The number of hydrogen-bond acceptors (Lipinski definition) is 6. The first kappa shape index (κ1) is 23.3. The lowest BCUT2D eigenvalue weighted by atomic mass is 9.93. The molecule has 0 bridgehead atoms. The summed E-state index contributed by atoms with van der Waals surface area (Å²) in [5.41, 5.74) is 2.62. The molecule has 2 heterocycles. The smallest absolute Gasteiger partial charge is 0.478 e. The number of carboxylic acids is 1. The van der Waals surface area contributed by atoms with E-state index in [-0.39, 0.29) is 42.0 Å². The molecule has 0 aliphatic carbocycles. The maximum atomic E-state index is 12.4. The lowest BCUT2D eigenvalue weighted by Crippen LogP contribution is -2.35. The highest BCUT2D eigenvalue weighted by Crippen LogP contribution is 2.36. The van der Waals surface area contributed by atoms with Crippen molar-refractivity contribution in [2.75, 3.05) is 13.2 Å². The minimum atomic E-state index is -1.31. The predicted molar refractivity (Wildman–Crippen MR) is 123 cm³/mol. The summed E-state index contributed by atoms with van der Waals surface area (Å²) in [6.45, 7) is 2.06. The van der Waals surface area contributed by atoms with Gasteiger partial charge in [-0.05, 0) is 36.6 Å². The summed E-state index contributed by atoms with van der Waals surface area (Å²) < 4.78 is 10.2. The number of nitrogens with zero attached hydrogens (tertiary/aromatic N) is 2. The van der Waals surface area contributed by atoms with Crippen LogP contribution in [0.15, 0.2) is 36.4 Å². The Morgan fingerprint density at radius 2 is 1.85 bits per heavy atom. The summed E-state index contributed by atoms with van der Waals surface area (Å²) in [6, 6.07) is 10.3. The third kappa shape index (κ3) is 4.60. The van der Waals surface area contributed by atoms with E-state index < -0.39 is 18.2 Å². The number of ether oxygens (including phenoxy) is 2. The number of halogens is 1. The van der Waals surface area contributed by atoms with Gasteiger partial charge in [-0.15, -0.1) is 0 Å². The highest BCUT2D eigenvalue weighted by molar-refractivity contribution is 6.30. The van der Waals surface area contributed by atoms with Gasteiger partial charge in [0.2, 0.25) is 0 Å². The summed E-state index contributed by atoms with van der Waals surface area (Å²) in [4.78, 5) is 42.1. The third-order valence-electron chi connectivity index (χ3n) is 5.60. The van der Waals surface area contributed by atoms with Crippen molar-refractivity contribution >= 4 is 40.7 Å². The van der Waals surface area contributed by atoms with Gasteiger partial charge in [-0.2, -0.15) is 0 Å². The number of fused-ring (bicyclic) bond motifs is 3. The summed E-state index contributed by atoms with van der Waals surface area (Å²) >= 11 is 5.98. The van der Waals surface area contributed by atoms with Crippen molar-refractivity contribution in [3.8, 4) is 5.75 Å². The number of pyridine rings is 1. The Morgan fingerprint density at radius 3 is 2.50 bits per heavy atom. The summed E-state index contributed by atoms with van der Waals surface area (Å²) in [5, 5.41) is 20.4. The topological polar surface area (TPSA) is 126 Å². The molecule has 0 atom stereocenters. The highest BCUT2D eigenvalue weighted by atomic mass is 35.5. The lowest BCUT2D eigenvalue weighted by Gasteiger charge is -2.27. The number of aromatic nitrogens is 1. The molecule has 34 heavy (non-hydrogen) atoms. The van der Waals surface area contributed by atoms with Crippen LogP contribution >= 0.6 is 11.6 Å². The normalized spacial score (nSPS) is 12.8. The molecule has 1 aromatic heterocycles. The van der Waals surface area contributed by atoms with Gasteiger partial charge < -0.3 is 24.6 Å². The number of carbonyl (C=O) groups excluding carboxylic acids is 1. The van der Waals surface area contributed by atoms with Crippen molar-refractivity contribution in [1.29, 1.82) is 0 Å². The van der Waals surface area contributed by atoms with E-state index in [2.05, 4.69) is 0 Å². The van der Waals surface area contributed by atoms with E-state index >= 15 is 0 Å². The summed E-state index contributed by atoms with van der Waals surface area (Å²) in [5.74, 6) is -1.52. The van der Waals surface area contributed by atoms with E-state index in [9.17, 15) is 24.6 Å². The van der Waals surface area contributed by atoms with Crippen molar-refractivity contribution in [3.63, 3.8) is 0 Å². The first-order valence-electron chi connectivity index (χ1n) is 10.6. The molecule has 2 N–H and O–H groups in total. The van der Waals surface area contributed by atoms with Gasteiger partial charge >= 0.3 is 18.2 Å². The van der Waals surface area contributed by atoms with Crippen molar-refractivity contribution < 1.29 is 34.1 Å². The van der Waals surface area contributed by atoms with E-state index in [4.69, 9.17) is 26.1 Å². The first-order valence-corrected chi connectivity index (χ1v) is 10.9. The maximum absolute atomic E-state index is 12.4. The molecule has 4 rings (SSSR count). The Balaban J connectivity index is 1.95. The number of aromatic carboxylic acids is 1. The predicted octanol–water partition coefficient (Wildman–Crippen LogP) is 4.75. The van der Waals surface area contributed by atoms with Crippen molar-refractivity contribution in [2.45, 2.75) is 26.3 Å². The minimum Gasteiger partial charge on any atom is -0.478 e. The molecule has 0 saturated carbocycles. The van der Waals surface area contributed by atoms with Crippen LogP contribution in [0.25, 0.3) is 10.9 Å². The summed E-state index contributed by atoms with van der Waals surface area (Å²) in [6.07, 6.45) is -1.48. The summed E-state index contributed by atoms with van der Waals surface area (Å²) in [7, 11) is 0. The Kier molecular flexibility index (Phi) is 6.56. The van der Waals surface area contributed by atoms with Crippen molar-refractivity contribution in [1.82, 2.24) is 9.88 Å². The maximum Gasteiger partial charge on any atom is 0.513 e. The fourth-order valence-electron chi connectivity index (χ4n) is 4.03. The largest absolute Gasteiger partial charge is 0.513 e. The molecule has 176 valence electrons. The number of carboxylic acid groups (broad SMARTS) is 2. The Hall–Kier alpha value is -3.85. The van der Waals surface area contributed by atoms with Gasteiger partial charge in [-0.1, -0.05) is 35.9 Å². The first-order chi connectivity index (χ1) is 16.3. The van der Waals surface area contributed by atoms with E-state index in [0.717, 1.165) is 11.1 Å². The Bertz CT molecular complexity index is 1290. The molecule has 3 aromatic rings. The molecule has 9 nitrogen and oxygen atoms in total. The van der Waals surface area contributed by atoms with Crippen LogP contribution in [0, 0.1) is 0 Å². The van der Waals surface area contributed by atoms with Crippen LogP contribution in [-0.4, -0.2) is 51.5 Å². The zero-order chi connectivity index (χ0) is 24.4. The quantitative estimate of drug-likeness (QED) is 0.497. The second kappa shape index (κ2) is 9.56. The second-order valence-electron chi connectivity index (χ2n) is 7.71. The molecule has 10 heteroatoms. The van der Waals surface area contributed by atoms with Crippen LogP contribution in [-0.2, 0) is 24.1 Å². The number of benzene rings is 2. The van der Waals surface area contributed by atoms with Crippen LogP contribution in [0.1, 0.15) is 39.7 Å². The molecule has 1 aliphatic heterocycles. The molecule has 2 aromatic carbocycles. The SMILES string of the molecule is CCOC(=O)Oc1c(Cc2ccc(Cl)cc2)nc2c3c(ccc2c1C(=O)O)CCN(C(=O)O)C3. The van der Waals surface area contributed by atoms with E-state index in [1.807, 2.05) is 0 Å². The molecule has 1 aliphatic rings. The van der Waals surface area contributed by atoms with Crippen LogP contribution in [0.5, 0.6) is 5.75 Å². The average molecular weight is 485 g/mol. The number of carbonyl (C=O) groups is 3. The minimum absolute atomic E-state index is 0.0489. The van der Waals surface area contributed by atoms with Crippen LogP contribution in [0.4, 0.5) is 9.59 Å². The fraction of sp³-hybridized carbons (Fsp3) is 0.250. The standard InChI is InChI=1S/C24H21ClN2O7/c1-2-33-24(32)34-21-18(11-13-3-6-15(25)7-4-13)26-20-16(19(21)22(28)29)8-5-14-9-10-27(23(30)31)12-17(14)20/h3-8H,2,9-12H2,1H3,(H,28,29)(H,30,31). The van der Waals surface area contributed by atoms with Gasteiger partial charge in [0.1, 0.15) is 5.56 Å². The molecular weight excluding hydrogens is 464 g/mol. The van der Waals surface area contributed by atoms with Gasteiger partial charge in [0.05, 0.1) is 24.4 Å². The zero-order valence-electron chi connectivity index (χ0n) is 18.2. The van der Waals surface area contributed by atoms with Gasteiger partial charge in [-0.25, -0.2) is 19.4 Å². The fourth-order valence-corrected chi connectivity index (χ4v) is 4.15. The molecule has 0 saturated heterocycles. The van der Waals surface area contributed by atoms with E-state index in [1.54, 1.807) is 43.3 Å². The van der Waals surface area contributed by atoms with E-state index in [0.29, 0.717) is 29.1 Å².